The number of carbonyl (C=O) groups is 1. The normalized spacial score (nSPS) is 23.0. The second kappa shape index (κ2) is 7.89. The second-order valence-corrected chi connectivity index (χ2v) is 6.22. The van der Waals surface area contributed by atoms with Crippen molar-refractivity contribution in [2.24, 2.45) is 5.73 Å². The average molecular weight is 356 g/mol. The fourth-order valence-corrected chi connectivity index (χ4v) is 3.08. The van der Waals surface area contributed by atoms with E-state index in [0.717, 1.165) is 29.5 Å². The van der Waals surface area contributed by atoms with E-state index in [9.17, 15) is 4.79 Å². The molecule has 0 radical (unpaired) electrons. The Kier molecular flexibility index (Phi) is 6.17. The van der Waals surface area contributed by atoms with Crippen LogP contribution in [-0.4, -0.2) is 49.7 Å². The Balaban J connectivity index is 1.89. The number of rotatable bonds is 5. The lowest BCUT2D eigenvalue weighted by molar-refractivity contribution is -0.118. The quantitative estimate of drug-likeness (QED) is 0.845. The van der Waals surface area contributed by atoms with Crippen molar-refractivity contribution in [2.45, 2.75) is 25.0 Å². The number of halogens is 1. The third kappa shape index (κ3) is 4.78. The zero-order valence-electron chi connectivity index (χ0n) is 12.2. The van der Waals surface area contributed by atoms with Gasteiger partial charge in [-0.05, 0) is 31.0 Å². The molecule has 0 aliphatic carbocycles. The number of carbonyl (C=O) groups excluding carboxylic acids is 1. The first kappa shape index (κ1) is 16.4. The second-order valence-electron chi connectivity index (χ2n) is 5.30. The van der Waals surface area contributed by atoms with Gasteiger partial charge in [0.05, 0.1) is 12.6 Å². The Morgan fingerprint density at radius 3 is 3.05 bits per heavy atom. The van der Waals surface area contributed by atoms with Crippen LogP contribution in [-0.2, 0) is 9.53 Å². The summed E-state index contributed by atoms with van der Waals surface area (Å²) in [6.45, 7) is 1.75. The van der Waals surface area contributed by atoms with Gasteiger partial charge in [-0.2, -0.15) is 0 Å². The van der Waals surface area contributed by atoms with Crippen molar-refractivity contribution >= 4 is 27.5 Å². The summed E-state index contributed by atoms with van der Waals surface area (Å²) in [4.78, 5) is 14.3. The van der Waals surface area contributed by atoms with Crippen LogP contribution in [0.4, 0.5) is 5.69 Å². The van der Waals surface area contributed by atoms with Gasteiger partial charge < -0.3 is 15.8 Å². The first-order valence-electron chi connectivity index (χ1n) is 7.14. The number of hydrogen-bond acceptors (Lipinski definition) is 4. The molecule has 116 valence electrons. The average Bonchev–Trinajstić information content (AvgIpc) is 2.47. The molecule has 1 aromatic rings. The van der Waals surface area contributed by atoms with Crippen molar-refractivity contribution in [3.05, 3.63) is 28.7 Å². The highest BCUT2D eigenvalue weighted by Crippen LogP contribution is 2.19. The smallest absolute Gasteiger partial charge is 0.238 e. The van der Waals surface area contributed by atoms with Crippen molar-refractivity contribution in [2.75, 3.05) is 32.1 Å². The van der Waals surface area contributed by atoms with Crippen molar-refractivity contribution in [3.63, 3.8) is 0 Å². The number of amides is 1. The molecule has 1 aliphatic heterocycles. The number of ether oxygens (including phenoxy) is 1. The first-order valence-corrected chi connectivity index (χ1v) is 7.94. The lowest BCUT2D eigenvalue weighted by atomic mass is 9.99. The molecule has 2 rings (SSSR count). The predicted octanol–water partition coefficient (Wildman–Crippen LogP) is 1.83. The largest absolute Gasteiger partial charge is 0.381 e. The van der Waals surface area contributed by atoms with Crippen molar-refractivity contribution in [3.8, 4) is 0 Å². The molecular formula is C15H22BrN3O2. The number of likely N-dealkylation sites (tertiary alicyclic amines) is 1. The Hall–Kier alpha value is -0.950. The summed E-state index contributed by atoms with van der Waals surface area (Å²) in [6.07, 6.45) is 2.08. The van der Waals surface area contributed by atoms with E-state index in [1.165, 1.54) is 0 Å². The minimum atomic E-state index is -0.0117. The topological polar surface area (TPSA) is 67.6 Å². The Bertz CT molecular complexity index is 484. The number of benzene rings is 1. The van der Waals surface area contributed by atoms with Crippen LogP contribution in [0.5, 0.6) is 0 Å². The van der Waals surface area contributed by atoms with E-state index >= 15 is 0 Å². The van der Waals surface area contributed by atoms with Crippen LogP contribution in [0.2, 0.25) is 0 Å². The van der Waals surface area contributed by atoms with E-state index < -0.39 is 0 Å². The summed E-state index contributed by atoms with van der Waals surface area (Å²) in [5.41, 5.74) is 6.62. The molecule has 0 spiro atoms. The highest BCUT2D eigenvalue weighted by molar-refractivity contribution is 9.10. The van der Waals surface area contributed by atoms with Crippen LogP contribution < -0.4 is 11.1 Å². The van der Waals surface area contributed by atoms with Gasteiger partial charge in [-0.1, -0.05) is 22.0 Å². The highest BCUT2D eigenvalue weighted by Gasteiger charge is 2.28. The number of anilines is 1. The summed E-state index contributed by atoms with van der Waals surface area (Å²) < 4.78 is 6.34. The van der Waals surface area contributed by atoms with E-state index in [4.69, 9.17) is 10.5 Å². The monoisotopic (exact) mass is 355 g/mol. The van der Waals surface area contributed by atoms with Crippen LogP contribution in [0.15, 0.2) is 28.7 Å². The van der Waals surface area contributed by atoms with Crippen molar-refractivity contribution in [1.82, 2.24) is 4.90 Å². The zero-order valence-corrected chi connectivity index (χ0v) is 13.8. The van der Waals surface area contributed by atoms with E-state index in [-0.39, 0.29) is 18.1 Å². The minimum absolute atomic E-state index is 0.0117. The molecule has 1 amide bonds. The molecule has 6 heteroatoms. The first-order chi connectivity index (χ1) is 10.1. The number of nitrogens with two attached hydrogens (primary N) is 1. The summed E-state index contributed by atoms with van der Waals surface area (Å²) >= 11 is 3.39. The Morgan fingerprint density at radius 2 is 2.38 bits per heavy atom. The van der Waals surface area contributed by atoms with Gasteiger partial charge in [0.2, 0.25) is 5.91 Å². The van der Waals surface area contributed by atoms with Crippen molar-refractivity contribution in [1.29, 1.82) is 0 Å². The lowest BCUT2D eigenvalue weighted by Gasteiger charge is -2.37. The molecule has 1 aliphatic rings. The van der Waals surface area contributed by atoms with Gasteiger partial charge in [0.1, 0.15) is 0 Å². The maximum absolute atomic E-state index is 12.2. The third-order valence-electron chi connectivity index (χ3n) is 3.85. The third-order valence-corrected chi connectivity index (χ3v) is 4.34. The number of hydrogen-bond donors (Lipinski definition) is 2. The number of nitrogens with one attached hydrogen (secondary N) is 1. The zero-order chi connectivity index (χ0) is 15.2. The number of piperidine rings is 1. The van der Waals surface area contributed by atoms with Crippen molar-refractivity contribution < 1.29 is 9.53 Å². The number of nitrogens with zero attached hydrogens (tertiary/aromatic N) is 1. The minimum Gasteiger partial charge on any atom is -0.381 e. The van der Waals surface area contributed by atoms with Gasteiger partial charge in [-0.15, -0.1) is 0 Å². The van der Waals surface area contributed by atoms with Gasteiger partial charge >= 0.3 is 0 Å². The van der Waals surface area contributed by atoms with Gasteiger partial charge in [0.25, 0.3) is 0 Å². The van der Waals surface area contributed by atoms with E-state index in [0.29, 0.717) is 13.1 Å². The van der Waals surface area contributed by atoms with Crippen LogP contribution in [0, 0.1) is 0 Å². The van der Waals surface area contributed by atoms with Crippen LogP contribution in [0.25, 0.3) is 0 Å². The maximum atomic E-state index is 12.2. The van der Waals surface area contributed by atoms with Gasteiger partial charge in [0.15, 0.2) is 0 Å². The molecule has 0 bridgehead atoms. The van der Waals surface area contributed by atoms with E-state index in [1.807, 2.05) is 24.3 Å². The van der Waals surface area contributed by atoms with E-state index in [2.05, 4.69) is 26.1 Å². The molecule has 21 heavy (non-hydrogen) atoms. The Morgan fingerprint density at radius 1 is 1.57 bits per heavy atom. The highest BCUT2D eigenvalue weighted by atomic mass is 79.9. The summed E-state index contributed by atoms with van der Waals surface area (Å²) in [7, 11) is 1.73. The standard InChI is InChI=1S/C15H22BrN3O2/c1-21-14-5-6-19(13(8-14)9-17)10-15(20)18-12-4-2-3-11(16)7-12/h2-4,7,13-14H,5-6,8-10,17H2,1H3,(H,18,20). The molecule has 2 atom stereocenters. The summed E-state index contributed by atoms with van der Waals surface area (Å²) in [5.74, 6) is -0.0117. The molecule has 1 heterocycles. The van der Waals surface area contributed by atoms with Gasteiger partial charge in [-0.25, -0.2) is 0 Å². The van der Waals surface area contributed by atoms with E-state index in [1.54, 1.807) is 7.11 Å². The Labute approximate surface area is 134 Å². The molecular weight excluding hydrogens is 334 g/mol. The molecule has 1 saturated heterocycles. The molecule has 5 nitrogen and oxygen atoms in total. The fraction of sp³-hybridized carbons (Fsp3) is 0.533. The summed E-state index contributed by atoms with van der Waals surface area (Å²) in [5, 5.41) is 2.92. The summed E-state index contributed by atoms with van der Waals surface area (Å²) in [6, 6.07) is 7.79. The van der Waals surface area contributed by atoms with Crippen LogP contribution in [0.1, 0.15) is 12.8 Å². The molecule has 3 N–H and O–H groups in total. The lowest BCUT2D eigenvalue weighted by Crippen LogP contribution is -2.50. The fourth-order valence-electron chi connectivity index (χ4n) is 2.68. The molecule has 1 fully saturated rings. The number of methoxy groups -OCH3 is 1. The molecule has 1 aromatic carbocycles. The molecule has 2 unspecified atom stereocenters. The maximum Gasteiger partial charge on any atom is 0.238 e. The van der Waals surface area contributed by atoms with Crippen LogP contribution >= 0.6 is 15.9 Å². The molecule has 0 saturated carbocycles. The van der Waals surface area contributed by atoms with Gasteiger partial charge in [-0.3, -0.25) is 9.69 Å². The van der Waals surface area contributed by atoms with Crippen LogP contribution in [0.3, 0.4) is 0 Å². The predicted molar refractivity (Wildman–Crippen MR) is 87.2 cm³/mol. The van der Waals surface area contributed by atoms with Gasteiger partial charge in [0, 0.05) is 36.4 Å². The molecule has 0 aromatic heterocycles. The SMILES string of the molecule is COC1CCN(CC(=O)Nc2cccc(Br)c2)C(CN)C1.